The Morgan fingerprint density at radius 2 is 1.86 bits per heavy atom. The third-order valence-electron chi connectivity index (χ3n) is 2.60. The molecule has 0 aliphatic carbocycles. The summed E-state index contributed by atoms with van der Waals surface area (Å²) < 4.78 is 35.2. The number of carbonyl (C=O) groups excluding carboxylic acids is 1. The topological polar surface area (TPSA) is 73.3 Å². The fourth-order valence-corrected chi connectivity index (χ4v) is 2.09. The molecule has 0 fully saturated rings. The van der Waals surface area contributed by atoms with Crippen LogP contribution in [0.4, 0.5) is 13.9 Å². The second-order valence-electron chi connectivity index (χ2n) is 4.17. The van der Waals surface area contributed by atoms with Gasteiger partial charge in [-0.2, -0.15) is 0 Å². The second-order valence-corrected chi connectivity index (χ2v) is 5.18. The highest BCUT2D eigenvalue weighted by Gasteiger charge is 2.19. The Kier molecular flexibility index (Phi) is 5.21. The lowest BCUT2D eigenvalue weighted by molar-refractivity contribution is -0.122. The molecule has 22 heavy (non-hydrogen) atoms. The number of methoxy groups -OCH3 is 1. The molecule has 0 aliphatic rings. The Labute approximate surface area is 129 Å². The van der Waals surface area contributed by atoms with Crippen LogP contribution in [0.2, 0.25) is 0 Å². The molecule has 0 spiro atoms. The molecule has 1 aromatic carbocycles. The number of amides is 1. The number of carbonyl (C=O) groups is 1. The minimum absolute atomic E-state index is 0.00507. The van der Waals surface area contributed by atoms with Crippen LogP contribution < -0.4 is 14.8 Å². The number of hydrogen-bond acceptors (Lipinski definition) is 6. The first kappa shape index (κ1) is 16.1. The van der Waals surface area contributed by atoms with E-state index < -0.39 is 23.4 Å². The van der Waals surface area contributed by atoms with E-state index in [-0.39, 0.29) is 5.13 Å². The molecule has 1 aromatic heterocycles. The van der Waals surface area contributed by atoms with Crippen LogP contribution in [0.25, 0.3) is 0 Å². The summed E-state index contributed by atoms with van der Waals surface area (Å²) in [6.07, 6.45) is -3.54. The van der Waals surface area contributed by atoms with Crippen molar-refractivity contribution in [1.82, 2.24) is 10.2 Å². The Morgan fingerprint density at radius 1 is 1.23 bits per heavy atom. The Morgan fingerprint density at radius 3 is 2.41 bits per heavy atom. The maximum atomic E-state index is 12.4. The van der Waals surface area contributed by atoms with Gasteiger partial charge in [-0.15, -0.1) is 10.2 Å². The normalized spacial score (nSPS) is 12.0. The van der Waals surface area contributed by atoms with Crippen LogP contribution in [0.5, 0.6) is 11.5 Å². The molecule has 9 heteroatoms. The maximum Gasteiger partial charge on any atom is 0.291 e. The van der Waals surface area contributed by atoms with Crippen molar-refractivity contribution in [1.29, 1.82) is 0 Å². The van der Waals surface area contributed by atoms with E-state index in [0.717, 1.165) is 0 Å². The van der Waals surface area contributed by atoms with Gasteiger partial charge in [0.15, 0.2) is 11.1 Å². The number of rotatable bonds is 6. The number of nitrogens with one attached hydrogen (secondary N) is 1. The molecule has 0 saturated heterocycles. The van der Waals surface area contributed by atoms with Crippen molar-refractivity contribution in [3.63, 3.8) is 0 Å². The van der Waals surface area contributed by atoms with Crippen molar-refractivity contribution < 1.29 is 23.0 Å². The number of aromatic nitrogens is 2. The zero-order valence-electron chi connectivity index (χ0n) is 11.7. The highest BCUT2D eigenvalue weighted by Crippen LogP contribution is 2.25. The lowest BCUT2D eigenvalue weighted by Gasteiger charge is -2.13. The molecule has 1 atom stereocenters. The van der Waals surface area contributed by atoms with E-state index in [9.17, 15) is 13.6 Å². The summed E-state index contributed by atoms with van der Waals surface area (Å²) in [5.41, 5.74) is 0. The molecule has 1 heterocycles. The molecule has 0 radical (unpaired) electrons. The summed E-state index contributed by atoms with van der Waals surface area (Å²) in [7, 11) is 1.54. The van der Waals surface area contributed by atoms with E-state index >= 15 is 0 Å². The molecule has 1 unspecified atom stereocenters. The zero-order chi connectivity index (χ0) is 16.1. The minimum Gasteiger partial charge on any atom is -0.497 e. The molecule has 1 amide bonds. The van der Waals surface area contributed by atoms with E-state index in [1.165, 1.54) is 6.92 Å². The van der Waals surface area contributed by atoms with Gasteiger partial charge in [-0.05, 0) is 31.2 Å². The molecule has 6 nitrogen and oxygen atoms in total. The molecular formula is C13H13F2N3O3S. The highest BCUT2D eigenvalue weighted by atomic mass is 32.1. The monoisotopic (exact) mass is 329 g/mol. The predicted octanol–water partition coefficient (Wildman–Crippen LogP) is 2.89. The largest absolute Gasteiger partial charge is 0.497 e. The van der Waals surface area contributed by atoms with E-state index in [0.29, 0.717) is 22.8 Å². The number of anilines is 1. The summed E-state index contributed by atoms with van der Waals surface area (Å²) in [5.74, 6) is 0.639. The Bertz CT molecular complexity index is 634. The van der Waals surface area contributed by atoms with Gasteiger partial charge in [-0.1, -0.05) is 11.3 Å². The van der Waals surface area contributed by atoms with Crippen LogP contribution in [-0.4, -0.2) is 29.3 Å². The van der Waals surface area contributed by atoms with Crippen LogP contribution in [0.1, 0.15) is 18.4 Å². The fraction of sp³-hybridized carbons (Fsp3) is 0.308. The molecule has 0 aliphatic heterocycles. The van der Waals surface area contributed by atoms with E-state index in [1.54, 1.807) is 31.4 Å². The lowest BCUT2D eigenvalue weighted by atomic mass is 10.3. The summed E-state index contributed by atoms with van der Waals surface area (Å²) in [5, 5.41) is 8.70. The van der Waals surface area contributed by atoms with Crippen LogP contribution in [0.15, 0.2) is 24.3 Å². The summed E-state index contributed by atoms with van der Waals surface area (Å²) in [6, 6.07) is 6.70. The van der Waals surface area contributed by atoms with Crippen molar-refractivity contribution in [2.45, 2.75) is 19.5 Å². The number of ether oxygens (including phenoxy) is 2. The van der Waals surface area contributed by atoms with Gasteiger partial charge in [0, 0.05) is 0 Å². The summed E-state index contributed by atoms with van der Waals surface area (Å²) in [6.45, 7) is 1.54. The number of halogens is 2. The fourth-order valence-electron chi connectivity index (χ4n) is 1.49. The second kappa shape index (κ2) is 7.12. The first-order chi connectivity index (χ1) is 10.5. The Hall–Kier alpha value is -2.29. The molecular weight excluding hydrogens is 316 g/mol. The highest BCUT2D eigenvalue weighted by molar-refractivity contribution is 7.15. The van der Waals surface area contributed by atoms with Gasteiger partial charge in [0.1, 0.15) is 11.5 Å². The first-order valence-electron chi connectivity index (χ1n) is 6.22. The first-order valence-corrected chi connectivity index (χ1v) is 7.04. The number of nitrogens with zero attached hydrogens (tertiary/aromatic N) is 2. The van der Waals surface area contributed by atoms with Crippen molar-refractivity contribution in [2.24, 2.45) is 0 Å². The van der Waals surface area contributed by atoms with E-state index in [4.69, 9.17) is 9.47 Å². The van der Waals surface area contributed by atoms with Crippen molar-refractivity contribution in [3.8, 4) is 11.5 Å². The van der Waals surface area contributed by atoms with Gasteiger partial charge in [0.05, 0.1) is 7.11 Å². The molecule has 118 valence electrons. The zero-order valence-corrected chi connectivity index (χ0v) is 12.6. The average Bonchev–Trinajstić information content (AvgIpc) is 2.96. The van der Waals surface area contributed by atoms with Gasteiger partial charge in [-0.25, -0.2) is 8.78 Å². The lowest BCUT2D eigenvalue weighted by Crippen LogP contribution is -2.30. The summed E-state index contributed by atoms with van der Waals surface area (Å²) >= 11 is 0.622. The SMILES string of the molecule is COc1ccc(OC(C)C(=O)Nc2nnc(C(F)F)s2)cc1. The van der Waals surface area contributed by atoms with Gasteiger partial charge in [-0.3, -0.25) is 10.1 Å². The van der Waals surface area contributed by atoms with Crippen LogP contribution >= 0.6 is 11.3 Å². The van der Waals surface area contributed by atoms with Crippen LogP contribution in [0.3, 0.4) is 0 Å². The third kappa shape index (κ3) is 4.10. The third-order valence-corrected chi connectivity index (χ3v) is 3.44. The van der Waals surface area contributed by atoms with Crippen molar-refractivity contribution in [3.05, 3.63) is 29.3 Å². The van der Waals surface area contributed by atoms with Crippen LogP contribution in [0, 0.1) is 0 Å². The molecule has 0 saturated carbocycles. The maximum absolute atomic E-state index is 12.4. The molecule has 2 aromatic rings. The smallest absolute Gasteiger partial charge is 0.291 e. The quantitative estimate of drug-likeness (QED) is 0.882. The Balaban J connectivity index is 1.93. The van der Waals surface area contributed by atoms with Crippen molar-refractivity contribution in [2.75, 3.05) is 12.4 Å². The van der Waals surface area contributed by atoms with Crippen molar-refractivity contribution >= 4 is 22.4 Å². The number of hydrogen-bond donors (Lipinski definition) is 1. The van der Waals surface area contributed by atoms with Gasteiger partial charge < -0.3 is 9.47 Å². The van der Waals surface area contributed by atoms with Gasteiger partial charge in [0.2, 0.25) is 5.13 Å². The van der Waals surface area contributed by atoms with Gasteiger partial charge >= 0.3 is 0 Å². The predicted molar refractivity (Wildman–Crippen MR) is 76.6 cm³/mol. The summed E-state index contributed by atoms with van der Waals surface area (Å²) in [4.78, 5) is 11.9. The minimum atomic E-state index is -2.71. The molecule has 2 rings (SSSR count). The number of benzene rings is 1. The molecule has 0 bridgehead atoms. The van der Waals surface area contributed by atoms with E-state index in [1.807, 2.05) is 0 Å². The average molecular weight is 329 g/mol. The standard InChI is InChI=1S/C13H13F2N3O3S/c1-7(21-9-5-3-8(20-2)4-6-9)11(19)16-13-18-17-12(22-13)10(14)15/h3-7,10H,1-2H3,(H,16,18,19). The molecule has 1 N–H and O–H groups in total. The number of alkyl halides is 2. The van der Waals surface area contributed by atoms with Crippen LogP contribution in [-0.2, 0) is 4.79 Å². The van der Waals surface area contributed by atoms with Gasteiger partial charge in [0.25, 0.3) is 12.3 Å². The van der Waals surface area contributed by atoms with E-state index in [2.05, 4.69) is 15.5 Å².